The molecule has 0 fully saturated rings. The van der Waals surface area contributed by atoms with Crippen LogP contribution in [0.2, 0.25) is 0 Å². The number of hydrogen-bond donors (Lipinski definition) is 1. The van der Waals surface area contributed by atoms with E-state index in [4.69, 9.17) is 0 Å². The van der Waals surface area contributed by atoms with Crippen molar-refractivity contribution in [3.05, 3.63) is 58.9 Å². The normalized spacial score (nSPS) is 11.1. The second-order valence-electron chi connectivity index (χ2n) is 5.10. The van der Waals surface area contributed by atoms with Gasteiger partial charge in [0.2, 0.25) is 0 Å². The molecule has 0 saturated heterocycles. The zero-order valence-corrected chi connectivity index (χ0v) is 12.3. The van der Waals surface area contributed by atoms with E-state index in [-0.39, 0.29) is 5.69 Å². The molecule has 2 heterocycles. The Morgan fingerprint density at radius 1 is 1.18 bits per heavy atom. The fraction of sp³-hybridized carbons (Fsp3) is 0.267. The number of nitrogens with one attached hydrogen (secondary N) is 1. The lowest BCUT2D eigenvalue weighted by atomic mass is 10.1. The van der Waals surface area contributed by atoms with Gasteiger partial charge in [0, 0.05) is 18.2 Å². The second kappa shape index (κ2) is 5.67. The highest BCUT2D eigenvalue weighted by molar-refractivity contribution is 5.33. The van der Waals surface area contributed by atoms with Crippen LogP contribution in [-0.4, -0.2) is 25.0 Å². The molecule has 3 aromatic rings. The number of halogens is 2. The molecular formula is C15H15F2N5. The van der Waals surface area contributed by atoms with Gasteiger partial charge in [0.15, 0.2) is 5.82 Å². The number of nitrogens with zero attached hydrogens (tertiary/aromatic N) is 4. The van der Waals surface area contributed by atoms with Gasteiger partial charge in [0.25, 0.3) is 0 Å². The molecule has 0 aliphatic heterocycles. The summed E-state index contributed by atoms with van der Waals surface area (Å²) in [5, 5.41) is 11.2. The van der Waals surface area contributed by atoms with Crippen molar-refractivity contribution >= 4 is 0 Å². The maximum Gasteiger partial charge on any atom is 0.151 e. The molecule has 5 nitrogen and oxygen atoms in total. The fourth-order valence-electron chi connectivity index (χ4n) is 2.30. The van der Waals surface area contributed by atoms with Crippen molar-refractivity contribution in [3.63, 3.8) is 0 Å². The highest BCUT2D eigenvalue weighted by atomic mass is 19.1. The minimum absolute atomic E-state index is 0.184. The van der Waals surface area contributed by atoms with Gasteiger partial charge in [-0.1, -0.05) is 0 Å². The maximum atomic E-state index is 13.9. The van der Waals surface area contributed by atoms with Crippen LogP contribution in [0.1, 0.15) is 22.8 Å². The van der Waals surface area contributed by atoms with Crippen LogP contribution in [0.15, 0.2) is 24.5 Å². The fourth-order valence-corrected chi connectivity index (χ4v) is 2.30. The summed E-state index contributed by atoms with van der Waals surface area (Å²) in [6.45, 7) is 3.96. The van der Waals surface area contributed by atoms with Crippen molar-refractivity contribution in [3.8, 4) is 5.69 Å². The lowest BCUT2D eigenvalue weighted by Gasteiger charge is -2.07. The Bertz CT molecular complexity index is 806. The van der Waals surface area contributed by atoms with E-state index in [9.17, 15) is 8.78 Å². The third kappa shape index (κ3) is 2.61. The third-order valence-electron chi connectivity index (χ3n) is 3.70. The van der Waals surface area contributed by atoms with Gasteiger partial charge in [-0.3, -0.25) is 5.10 Å². The summed E-state index contributed by atoms with van der Waals surface area (Å²) in [5.41, 5.74) is 3.27. The Morgan fingerprint density at radius 2 is 2.00 bits per heavy atom. The van der Waals surface area contributed by atoms with Crippen molar-refractivity contribution in [2.45, 2.75) is 26.7 Å². The number of benzene rings is 1. The maximum absolute atomic E-state index is 13.9. The van der Waals surface area contributed by atoms with Crippen LogP contribution in [0.25, 0.3) is 5.69 Å². The first-order chi connectivity index (χ1) is 10.6. The first-order valence-electron chi connectivity index (χ1n) is 6.91. The molecule has 7 heteroatoms. The Morgan fingerprint density at radius 3 is 2.68 bits per heavy atom. The van der Waals surface area contributed by atoms with Gasteiger partial charge in [-0.05, 0) is 38.0 Å². The molecule has 22 heavy (non-hydrogen) atoms. The minimum Gasteiger partial charge on any atom is -0.282 e. The predicted molar refractivity (Wildman–Crippen MR) is 76.7 cm³/mol. The van der Waals surface area contributed by atoms with Gasteiger partial charge >= 0.3 is 0 Å². The number of aromatic amines is 1. The number of rotatable bonds is 4. The number of aromatic nitrogens is 5. The van der Waals surface area contributed by atoms with Crippen LogP contribution in [0, 0.1) is 25.5 Å². The smallest absolute Gasteiger partial charge is 0.151 e. The average Bonchev–Trinajstić information content (AvgIpc) is 3.06. The summed E-state index contributed by atoms with van der Waals surface area (Å²) in [4.78, 5) is 4.16. The molecule has 1 aromatic carbocycles. The minimum atomic E-state index is -0.668. The lowest BCUT2D eigenvalue weighted by molar-refractivity contribution is 0.570. The van der Waals surface area contributed by atoms with Gasteiger partial charge in [-0.2, -0.15) is 10.2 Å². The molecule has 1 N–H and O–H groups in total. The zero-order chi connectivity index (χ0) is 15.7. The van der Waals surface area contributed by atoms with Gasteiger partial charge in [-0.25, -0.2) is 18.4 Å². The lowest BCUT2D eigenvalue weighted by Crippen LogP contribution is -2.07. The Labute approximate surface area is 126 Å². The second-order valence-corrected chi connectivity index (χ2v) is 5.10. The van der Waals surface area contributed by atoms with Crippen LogP contribution in [0.3, 0.4) is 0 Å². The average molecular weight is 303 g/mol. The molecular weight excluding hydrogens is 288 g/mol. The predicted octanol–water partition coefficient (Wildman–Crippen LogP) is 2.67. The molecule has 0 radical (unpaired) electrons. The van der Waals surface area contributed by atoms with E-state index >= 15 is 0 Å². The molecule has 0 atom stereocenters. The molecule has 0 spiro atoms. The molecule has 0 bridgehead atoms. The Kier molecular flexibility index (Phi) is 3.70. The van der Waals surface area contributed by atoms with Gasteiger partial charge in [0.1, 0.15) is 23.7 Å². The van der Waals surface area contributed by atoms with Crippen LogP contribution < -0.4 is 0 Å². The highest BCUT2D eigenvalue weighted by Gasteiger charge is 2.13. The summed E-state index contributed by atoms with van der Waals surface area (Å²) < 4.78 is 28.3. The van der Waals surface area contributed by atoms with Crippen LogP contribution >= 0.6 is 0 Å². The monoisotopic (exact) mass is 303 g/mol. The standard InChI is InChI=1S/C15H15F2N5/c1-9-10(2)20-21-13(9)4-6-15-18-8-19-22(15)14-5-3-11(16)7-12(14)17/h3,5,7-8H,4,6H2,1-2H3,(H,20,21). The summed E-state index contributed by atoms with van der Waals surface area (Å²) in [6, 6.07) is 3.39. The van der Waals surface area contributed by atoms with E-state index in [2.05, 4.69) is 20.3 Å². The number of H-pyrrole nitrogens is 1. The first kappa shape index (κ1) is 14.4. The van der Waals surface area contributed by atoms with E-state index in [0.717, 1.165) is 23.0 Å². The molecule has 0 aliphatic carbocycles. The first-order valence-corrected chi connectivity index (χ1v) is 6.91. The third-order valence-corrected chi connectivity index (χ3v) is 3.70. The molecule has 3 rings (SSSR count). The van der Waals surface area contributed by atoms with E-state index in [1.165, 1.54) is 23.1 Å². The summed E-state index contributed by atoms with van der Waals surface area (Å²) >= 11 is 0. The van der Waals surface area contributed by atoms with E-state index in [0.29, 0.717) is 18.7 Å². The van der Waals surface area contributed by atoms with E-state index < -0.39 is 11.6 Å². The van der Waals surface area contributed by atoms with Crippen LogP contribution in [0.4, 0.5) is 8.78 Å². The number of aryl methyl sites for hydroxylation is 3. The van der Waals surface area contributed by atoms with Crippen molar-refractivity contribution in [2.75, 3.05) is 0 Å². The van der Waals surface area contributed by atoms with E-state index in [1.54, 1.807) is 0 Å². The molecule has 114 valence electrons. The van der Waals surface area contributed by atoms with E-state index in [1.807, 2.05) is 13.8 Å². The molecule has 0 saturated carbocycles. The molecule has 0 unspecified atom stereocenters. The number of hydrogen-bond acceptors (Lipinski definition) is 3. The topological polar surface area (TPSA) is 59.4 Å². The van der Waals surface area contributed by atoms with Crippen molar-refractivity contribution in [2.24, 2.45) is 0 Å². The SMILES string of the molecule is Cc1[nH]nc(CCc2ncnn2-c2ccc(F)cc2F)c1C. The molecule has 0 amide bonds. The largest absolute Gasteiger partial charge is 0.282 e. The summed E-state index contributed by atoms with van der Waals surface area (Å²) in [6.07, 6.45) is 2.58. The molecule has 2 aromatic heterocycles. The summed E-state index contributed by atoms with van der Waals surface area (Å²) in [7, 11) is 0. The van der Waals surface area contributed by atoms with Crippen LogP contribution in [-0.2, 0) is 12.8 Å². The van der Waals surface area contributed by atoms with Gasteiger partial charge < -0.3 is 0 Å². The Hall–Kier alpha value is -2.57. The van der Waals surface area contributed by atoms with Gasteiger partial charge in [0.05, 0.1) is 5.69 Å². The summed E-state index contributed by atoms with van der Waals surface area (Å²) in [5.74, 6) is -0.686. The van der Waals surface area contributed by atoms with Gasteiger partial charge in [-0.15, -0.1) is 0 Å². The molecule has 0 aliphatic rings. The zero-order valence-electron chi connectivity index (χ0n) is 12.3. The van der Waals surface area contributed by atoms with Crippen molar-refractivity contribution in [1.29, 1.82) is 0 Å². The quantitative estimate of drug-likeness (QED) is 0.806. The highest BCUT2D eigenvalue weighted by Crippen LogP contribution is 2.17. The van der Waals surface area contributed by atoms with Crippen molar-refractivity contribution < 1.29 is 8.78 Å². The Balaban J connectivity index is 1.85. The van der Waals surface area contributed by atoms with Crippen molar-refractivity contribution in [1.82, 2.24) is 25.0 Å². The van der Waals surface area contributed by atoms with Crippen LogP contribution in [0.5, 0.6) is 0 Å².